The molecule has 0 aliphatic rings. The summed E-state index contributed by atoms with van der Waals surface area (Å²) in [4.78, 5) is 12.1. The number of carbonyl (C=O) groups excluding carboxylic acids is 1. The lowest BCUT2D eigenvalue weighted by atomic mass is 10.0. The molecule has 2 aromatic carbocycles. The highest BCUT2D eigenvalue weighted by Gasteiger charge is 2.10. The van der Waals surface area contributed by atoms with Crippen LogP contribution in [0.25, 0.3) is 0 Å². The Morgan fingerprint density at radius 3 is 2.61 bits per heavy atom. The highest BCUT2D eigenvalue weighted by molar-refractivity contribution is 9.10. The average Bonchev–Trinajstić information content (AvgIpc) is 2.54. The number of para-hydroxylation sites is 1. The van der Waals surface area contributed by atoms with Gasteiger partial charge >= 0.3 is 0 Å². The fourth-order valence-corrected chi connectivity index (χ4v) is 2.87. The molecule has 4 heteroatoms. The topological polar surface area (TPSA) is 38.3 Å². The molecule has 1 amide bonds. The highest BCUT2D eigenvalue weighted by Crippen LogP contribution is 2.27. The van der Waals surface area contributed by atoms with Gasteiger partial charge in [-0.15, -0.1) is 0 Å². The number of hydrogen-bond donors (Lipinski definition) is 1. The first-order chi connectivity index (χ1) is 11.0. The van der Waals surface area contributed by atoms with Gasteiger partial charge in [0.2, 0.25) is 0 Å². The summed E-state index contributed by atoms with van der Waals surface area (Å²) in [5.41, 5.74) is 3.19. The SMILES string of the molecule is CCc1ccc(OCC(=O)Nc2ccccc2C(C)C)c(Br)c1. The molecule has 0 heterocycles. The maximum absolute atomic E-state index is 12.1. The van der Waals surface area contributed by atoms with Gasteiger partial charge in [-0.2, -0.15) is 0 Å². The number of amides is 1. The van der Waals surface area contributed by atoms with Gasteiger partial charge < -0.3 is 10.1 Å². The van der Waals surface area contributed by atoms with E-state index in [9.17, 15) is 4.79 Å². The number of benzene rings is 2. The Morgan fingerprint density at radius 2 is 1.96 bits per heavy atom. The number of ether oxygens (including phenoxy) is 1. The van der Waals surface area contributed by atoms with Gasteiger partial charge in [0.15, 0.2) is 6.61 Å². The summed E-state index contributed by atoms with van der Waals surface area (Å²) in [6.07, 6.45) is 0.964. The highest BCUT2D eigenvalue weighted by atomic mass is 79.9. The molecule has 0 saturated carbocycles. The molecule has 0 saturated heterocycles. The summed E-state index contributed by atoms with van der Waals surface area (Å²) in [6, 6.07) is 13.8. The van der Waals surface area contributed by atoms with Crippen LogP contribution in [0.5, 0.6) is 5.75 Å². The molecule has 0 spiro atoms. The van der Waals surface area contributed by atoms with Crippen LogP contribution in [0.3, 0.4) is 0 Å². The number of anilines is 1. The van der Waals surface area contributed by atoms with Crippen molar-refractivity contribution in [3.63, 3.8) is 0 Å². The standard InChI is InChI=1S/C19H22BrNO2/c1-4-14-9-10-18(16(20)11-14)23-12-19(22)21-17-8-6-5-7-15(17)13(2)3/h5-11,13H,4,12H2,1-3H3,(H,21,22). The van der Waals surface area contributed by atoms with Crippen molar-refractivity contribution in [2.24, 2.45) is 0 Å². The lowest BCUT2D eigenvalue weighted by Gasteiger charge is -2.14. The first kappa shape index (κ1) is 17.5. The van der Waals surface area contributed by atoms with Crippen LogP contribution in [-0.2, 0) is 11.2 Å². The summed E-state index contributed by atoms with van der Waals surface area (Å²) >= 11 is 3.48. The summed E-state index contributed by atoms with van der Waals surface area (Å²) in [7, 11) is 0. The third-order valence-corrected chi connectivity index (χ3v) is 4.24. The molecule has 0 aromatic heterocycles. The molecule has 0 unspecified atom stereocenters. The molecule has 23 heavy (non-hydrogen) atoms. The van der Waals surface area contributed by atoms with Crippen molar-refractivity contribution in [2.75, 3.05) is 11.9 Å². The molecule has 1 N–H and O–H groups in total. The number of hydrogen-bond acceptors (Lipinski definition) is 2. The molecule has 0 fully saturated rings. The van der Waals surface area contributed by atoms with Crippen molar-refractivity contribution in [1.29, 1.82) is 0 Å². The molecule has 0 atom stereocenters. The molecule has 2 rings (SSSR count). The minimum Gasteiger partial charge on any atom is -0.483 e. The van der Waals surface area contributed by atoms with Crippen molar-refractivity contribution >= 4 is 27.5 Å². The number of rotatable bonds is 6. The Balaban J connectivity index is 1.98. The van der Waals surface area contributed by atoms with E-state index in [0.717, 1.165) is 22.1 Å². The molecule has 122 valence electrons. The number of nitrogens with one attached hydrogen (secondary N) is 1. The van der Waals surface area contributed by atoms with Crippen molar-refractivity contribution in [3.05, 3.63) is 58.1 Å². The zero-order valence-corrected chi connectivity index (χ0v) is 15.3. The summed E-state index contributed by atoms with van der Waals surface area (Å²) in [5.74, 6) is 0.863. The van der Waals surface area contributed by atoms with E-state index in [-0.39, 0.29) is 12.5 Å². The van der Waals surface area contributed by atoms with Gasteiger partial charge in [-0.25, -0.2) is 0 Å². The van der Waals surface area contributed by atoms with Crippen LogP contribution in [-0.4, -0.2) is 12.5 Å². The molecule has 0 bridgehead atoms. The number of aryl methyl sites for hydroxylation is 1. The molecule has 0 aliphatic carbocycles. The Labute approximate surface area is 146 Å². The second kappa shape index (κ2) is 8.16. The third kappa shape index (κ3) is 4.83. The van der Waals surface area contributed by atoms with Crippen LogP contribution in [0.15, 0.2) is 46.9 Å². The summed E-state index contributed by atoms with van der Waals surface area (Å²) in [6.45, 7) is 6.29. The van der Waals surface area contributed by atoms with Gasteiger partial charge in [-0.3, -0.25) is 4.79 Å². The lowest BCUT2D eigenvalue weighted by molar-refractivity contribution is -0.118. The third-order valence-electron chi connectivity index (χ3n) is 3.62. The predicted octanol–water partition coefficient (Wildman–Crippen LogP) is 5.15. The first-order valence-electron chi connectivity index (χ1n) is 7.81. The van der Waals surface area contributed by atoms with E-state index in [1.54, 1.807) is 0 Å². The minimum absolute atomic E-state index is 0.0174. The van der Waals surface area contributed by atoms with Gasteiger partial charge in [0.1, 0.15) is 5.75 Å². The summed E-state index contributed by atoms with van der Waals surface area (Å²) in [5, 5.41) is 2.92. The number of carbonyl (C=O) groups is 1. The van der Waals surface area contributed by atoms with Gasteiger partial charge in [-0.05, 0) is 57.6 Å². The van der Waals surface area contributed by atoms with Crippen LogP contribution in [0.2, 0.25) is 0 Å². The average molecular weight is 376 g/mol. The second-order valence-electron chi connectivity index (χ2n) is 5.70. The minimum atomic E-state index is -0.162. The normalized spacial score (nSPS) is 10.7. The van der Waals surface area contributed by atoms with Crippen LogP contribution in [0.4, 0.5) is 5.69 Å². The van der Waals surface area contributed by atoms with E-state index < -0.39 is 0 Å². The number of halogens is 1. The van der Waals surface area contributed by atoms with Crippen molar-refractivity contribution < 1.29 is 9.53 Å². The monoisotopic (exact) mass is 375 g/mol. The van der Waals surface area contributed by atoms with E-state index >= 15 is 0 Å². The first-order valence-corrected chi connectivity index (χ1v) is 8.60. The Morgan fingerprint density at radius 1 is 1.22 bits per heavy atom. The van der Waals surface area contributed by atoms with Crippen LogP contribution in [0, 0.1) is 0 Å². The Bertz CT molecular complexity index is 683. The zero-order valence-electron chi connectivity index (χ0n) is 13.7. The fraction of sp³-hybridized carbons (Fsp3) is 0.316. The predicted molar refractivity (Wildman–Crippen MR) is 98.2 cm³/mol. The Kier molecular flexibility index (Phi) is 6.22. The lowest BCUT2D eigenvalue weighted by Crippen LogP contribution is -2.21. The van der Waals surface area contributed by atoms with Gasteiger partial charge in [0, 0.05) is 5.69 Å². The van der Waals surface area contributed by atoms with Crippen LogP contribution < -0.4 is 10.1 Å². The maximum Gasteiger partial charge on any atom is 0.262 e. The molecule has 2 aromatic rings. The zero-order chi connectivity index (χ0) is 16.8. The second-order valence-corrected chi connectivity index (χ2v) is 6.55. The van der Waals surface area contributed by atoms with E-state index in [0.29, 0.717) is 11.7 Å². The van der Waals surface area contributed by atoms with E-state index in [2.05, 4.69) is 42.0 Å². The molecular weight excluding hydrogens is 354 g/mol. The van der Waals surface area contributed by atoms with Gasteiger partial charge in [-0.1, -0.05) is 45.0 Å². The smallest absolute Gasteiger partial charge is 0.262 e. The molecule has 0 radical (unpaired) electrons. The molecule has 0 aliphatic heterocycles. The quantitative estimate of drug-likeness (QED) is 0.757. The van der Waals surface area contributed by atoms with E-state index in [1.807, 2.05) is 42.5 Å². The molecule has 3 nitrogen and oxygen atoms in total. The van der Waals surface area contributed by atoms with E-state index in [1.165, 1.54) is 5.56 Å². The van der Waals surface area contributed by atoms with Crippen LogP contribution >= 0.6 is 15.9 Å². The van der Waals surface area contributed by atoms with E-state index in [4.69, 9.17) is 4.74 Å². The van der Waals surface area contributed by atoms with Crippen molar-refractivity contribution in [3.8, 4) is 5.75 Å². The summed E-state index contributed by atoms with van der Waals surface area (Å²) < 4.78 is 6.48. The van der Waals surface area contributed by atoms with Crippen molar-refractivity contribution in [1.82, 2.24) is 0 Å². The Hall–Kier alpha value is -1.81. The fourth-order valence-electron chi connectivity index (χ4n) is 2.33. The van der Waals surface area contributed by atoms with Gasteiger partial charge in [0.25, 0.3) is 5.91 Å². The van der Waals surface area contributed by atoms with Crippen LogP contribution in [0.1, 0.15) is 37.8 Å². The largest absolute Gasteiger partial charge is 0.483 e. The molecular formula is C19H22BrNO2. The van der Waals surface area contributed by atoms with Crippen molar-refractivity contribution in [2.45, 2.75) is 33.1 Å². The van der Waals surface area contributed by atoms with Gasteiger partial charge in [0.05, 0.1) is 4.47 Å². The maximum atomic E-state index is 12.1.